The molecular weight excluding hydrogens is 168 g/mol. The van der Waals surface area contributed by atoms with Crippen LogP contribution in [0, 0.1) is 0 Å². The van der Waals surface area contributed by atoms with E-state index in [2.05, 4.69) is 6.92 Å². The molecule has 0 aromatic rings. The Morgan fingerprint density at radius 1 is 1.31 bits per heavy atom. The van der Waals surface area contributed by atoms with Gasteiger partial charge in [-0.1, -0.05) is 13.3 Å². The summed E-state index contributed by atoms with van der Waals surface area (Å²) in [6.45, 7) is 6.32. The molecule has 79 valence electrons. The van der Waals surface area contributed by atoms with Gasteiger partial charge in [-0.2, -0.15) is 0 Å². The van der Waals surface area contributed by atoms with Crippen LogP contribution in [0.15, 0.2) is 0 Å². The maximum atomic E-state index is 10.1. The molecule has 3 heteroatoms. The van der Waals surface area contributed by atoms with Crippen LogP contribution in [0.1, 0.15) is 40.0 Å². The smallest absolute Gasteiger partial charge is 0.122 e. The first-order valence-corrected chi connectivity index (χ1v) is 4.89. The predicted octanol–water partition coefficient (Wildman–Crippen LogP) is 2.22. The molecule has 0 fully saturated rings. The fourth-order valence-corrected chi connectivity index (χ4v) is 0.934. The molecule has 0 N–H and O–H groups in total. The van der Waals surface area contributed by atoms with Crippen LogP contribution in [-0.4, -0.2) is 25.6 Å². The molecule has 0 saturated heterocycles. The molecule has 0 aromatic heterocycles. The fourth-order valence-electron chi connectivity index (χ4n) is 0.934. The highest BCUT2D eigenvalue weighted by Gasteiger charge is 2.04. The Balaban J connectivity index is 0. The second-order valence-electron chi connectivity index (χ2n) is 2.56. The van der Waals surface area contributed by atoms with E-state index in [0.29, 0.717) is 13.0 Å². The minimum atomic E-state index is 0. The molecule has 0 heterocycles. The summed E-state index contributed by atoms with van der Waals surface area (Å²) in [4.78, 5) is 10.1. The molecule has 1 radical (unpaired) electrons. The standard InChI is InChI=1S/C8H16O2.C2H5O/c1-3-5-8(6-7-9)10-4-2;1-2-3/h7-8H,3-6H2,1-2H3;2H2,1H3. The van der Waals surface area contributed by atoms with E-state index in [-0.39, 0.29) is 12.7 Å². The van der Waals surface area contributed by atoms with Crippen LogP contribution in [0.4, 0.5) is 0 Å². The van der Waals surface area contributed by atoms with Crippen LogP contribution < -0.4 is 0 Å². The highest BCUT2D eigenvalue weighted by Crippen LogP contribution is 2.04. The summed E-state index contributed by atoms with van der Waals surface area (Å²) >= 11 is 0. The lowest BCUT2D eigenvalue weighted by molar-refractivity contribution is -0.110. The molecule has 0 aliphatic heterocycles. The van der Waals surface area contributed by atoms with E-state index in [9.17, 15) is 4.79 Å². The van der Waals surface area contributed by atoms with Crippen LogP contribution in [0.3, 0.4) is 0 Å². The number of ether oxygens (including phenoxy) is 1. The predicted molar refractivity (Wildman–Crippen MR) is 52.2 cm³/mol. The summed E-state index contributed by atoms with van der Waals surface area (Å²) in [6, 6.07) is 0. The average molecular weight is 189 g/mol. The van der Waals surface area contributed by atoms with Crippen molar-refractivity contribution >= 4 is 6.29 Å². The van der Waals surface area contributed by atoms with Crippen molar-refractivity contribution in [2.75, 3.05) is 13.2 Å². The Hall–Kier alpha value is -0.410. The van der Waals surface area contributed by atoms with Crippen molar-refractivity contribution in [1.29, 1.82) is 0 Å². The SMILES string of the molecule is CCCC(CC=O)OCC.CC[O]. The quantitative estimate of drug-likeness (QED) is 0.601. The third kappa shape index (κ3) is 14.4. The molecule has 0 rings (SSSR count). The van der Waals surface area contributed by atoms with Crippen LogP contribution in [0.2, 0.25) is 0 Å². The van der Waals surface area contributed by atoms with Crippen molar-refractivity contribution in [3.63, 3.8) is 0 Å². The van der Waals surface area contributed by atoms with Crippen LogP contribution in [0.5, 0.6) is 0 Å². The zero-order chi connectivity index (χ0) is 10.5. The minimum absolute atomic E-state index is 0. The average Bonchev–Trinajstić information content (AvgIpc) is 2.07. The Kier molecular flexibility index (Phi) is 16.4. The maximum absolute atomic E-state index is 10.1. The molecule has 0 aromatic carbocycles. The van der Waals surface area contributed by atoms with Crippen LogP contribution >= 0.6 is 0 Å². The molecule has 0 spiro atoms. The zero-order valence-corrected chi connectivity index (χ0v) is 8.91. The first-order chi connectivity index (χ1) is 6.26. The first-order valence-electron chi connectivity index (χ1n) is 4.89. The number of carbonyl (C=O) groups is 1. The van der Waals surface area contributed by atoms with E-state index in [4.69, 9.17) is 9.84 Å². The zero-order valence-electron chi connectivity index (χ0n) is 8.91. The molecule has 1 unspecified atom stereocenters. The van der Waals surface area contributed by atoms with Gasteiger partial charge < -0.3 is 9.53 Å². The second-order valence-corrected chi connectivity index (χ2v) is 2.56. The summed E-state index contributed by atoms with van der Waals surface area (Å²) < 4.78 is 5.29. The number of hydrogen-bond acceptors (Lipinski definition) is 2. The summed E-state index contributed by atoms with van der Waals surface area (Å²) in [5.74, 6) is 0. The van der Waals surface area contributed by atoms with Crippen molar-refractivity contribution in [2.45, 2.75) is 46.1 Å². The summed E-state index contributed by atoms with van der Waals surface area (Å²) in [6.07, 6.45) is 3.70. The molecule has 0 aliphatic carbocycles. The van der Waals surface area contributed by atoms with E-state index in [1.54, 1.807) is 6.92 Å². The van der Waals surface area contributed by atoms with Gasteiger partial charge in [-0.3, -0.25) is 0 Å². The normalized spacial score (nSPS) is 11.4. The number of rotatable bonds is 6. The second kappa shape index (κ2) is 14.1. The first kappa shape index (κ1) is 15.1. The summed E-state index contributed by atoms with van der Waals surface area (Å²) in [7, 11) is 0. The van der Waals surface area contributed by atoms with Crippen molar-refractivity contribution in [3.8, 4) is 0 Å². The number of carbonyl (C=O) groups excluding carboxylic acids is 1. The van der Waals surface area contributed by atoms with Gasteiger partial charge in [0, 0.05) is 13.0 Å². The van der Waals surface area contributed by atoms with Gasteiger partial charge in [0.2, 0.25) is 0 Å². The number of hydrogen-bond donors (Lipinski definition) is 0. The third-order valence-corrected chi connectivity index (χ3v) is 1.37. The monoisotopic (exact) mass is 189 g/mol. The lowest BCUT2D eigenvalue weighted by Crippen LogP contribution is -2.12. The highest BCUT2D eigenvalue weighted by molar-refractivity contribution is 5.50. The Morgan fingerprint density at radius 2 is 1.85 bits per heavy atom. The lowest BCUT2D eigenvalue weighted by Gasteiger charge is -2.11. The topological polar surface area (TPSA) is 46.2 Å². The van der Waals surface area contributed by atoms with E-state index in [1.807, 2.05) is 6.92 Å². The van der Waals surface area contributed by atoms with E-state index in [1.165, 1.54) is 0 Å². The molecule has 3 nitrogen and oxygen atoms in total. The van der Waals surface area contributed by atoms with Crippen LogP contribution in [0.25, 0.3) is 0 Å². The van der Waals surface area contributed by atoms with Gasteiger partial charge in [-0.15, -0.1) is 0 Å². The third-order valence-electron chi connectivity index (χ3n) is 1.37. The van der Waals surface area contributed by atoms with Gasteiger partial charge in [-0.25, -0.2) is 5.11 Å². The maximum Gasteiger partial charge on any atom is 0.122 e. The van der Waals surface area contributed by atoms with Crippen molar-refractivity contribution < 1.29 is 14.6 Å². The van der Waals surface area contributed by atoms with Crippen molar-refractivity contribution in [3.05, 3.63) is 0 Å². The largest absolute Gasteiger partial charge is 0.378 e. The molecular formula is C10H21O3. The molecule has 0 saturated carbocycles. The molecule has 0 aliphatic rings. The van der Waals surface area contributed by atoms with Crippen molar-refractivity contribution in [2.24, 2.45) is 0 Å². The highest BCUT2D eigenvalue weighted by atomic mass is 16.5. The van der Waals surface area contributed by atoms with E-state index in [0.717, 1.165) is 19.1 Å². The Bertz CT molecular complexity index is 88.2. The van der Waals surface area contributed by atoms with E-state index < -0.39 is 0 Å². The fraction of sp³-hybridized carbons (Fsp3) is 0.900. The van der Waals surface area contributed by atoms with Crippen LogP contribution in [-0.2, 0) is 14.6 Å². The molecule has 1 atom stereocenters. The van der Waals surface area contributed by atoms with Gasteiger partial charge in [0.15, 0.2) is 0 Å². The lowest BCUT2D eigenvalue weighted by atomic mass is 10.1. The van der Waals surface area contributed by atoms with Gasteiger partial charge in [0.1, 0.15) is 6.29 Å². The Labute approximate surface area is 81.1 Å². The number of aldehydes is 1. The summed E-state index contributed by atoms with van der Waals surface area (Å²) in [5, 5.41) is 8.93. The van der Waals surface area contributed by atoms with Gasteiger partial charge in [0.05, 0.1) is 12.7 Å². The van der Waals surface area contributed by atoms with Gasteiger partial charge >= 0.3 is 0 Å². The van der Waals surface area contributed by atoms with Gasteiger partial charge in [-0.05, 0) is 20.3 Å². The Morgan fingerprint density at radius 3 is 2.15 bits per heavy atom. The minimum Gasteiger partial charge on any atom is -0.378 e. The van der Waals surface area contributed by atoms with Gasteiger partial charge in [0.25, 0.3) is 0 Å². The van der Waals surface area contributed by atoms with E-state index >= 15 is 0 Å². The summed E-state index contributed by atoms with van der Waals surface area (Å²) in [5.41, 5.74) is 0. The molecule has 0 amide bonds. The molecule has 13 heavy (non-hydrogen) atoms. The van der Waals surface area contributed by atoms with Crippen molar-refractivity contribution in [1.82, 2.24) is 0 Å². The molecule has 0 bridgehead atoms.